The summed E-state index contributed by atoms with van der Waals surface area (Å²) in [6.07, 6.45) is 3.81. The van der Waals surface area contributed by atoms with Crippen LogP contribution in [-0.2, 0) is 0 Å². The zero-order valence-electron chi connectivity index (χ0n) is 5.32. The van der Waals surface area contributed by atoms with Gasteiger partial charge in [0.25, 0.3) is 0 Å². The van der Waals surface area contributed by atoms with Gasteiger partial charge in [-0.3, -0.25) is 0 Å². The summed E-state index contributed by atoms with van der Waals surface area (Å²) in [5, 5.41) is 0.393. The fourth-order valence-corrected chi connectivity index (χ4v) is 2.42. The van der Waals surface area contributed by atoms with Crippen molar-refractivity contribution in [3.63, 3.8) is 0 Å². The highest BCUT2D eigenvalue weighted by molar-refractivity contribution is 14.1. The van der Waals surface area contributed by atoms with Gasteiger partial charge < -0.3 is 0 Å². The normalized spacial score (nSPS) is 32.0. The van der Waals surface area contributed by atoms with Gasteiger partial charge in [0, 0.05) is 41.3 Å². The molecule has 0 amide bonds. The summed E-state index contributed by atoms with van der Waals surface area (Å²) in [7, 11) is 0. The predicted octanol–water partition coefficient (Wildman–Crippen LogP) is 2.43. The van der Waals surface area contributed by atoms with Gasteiger partial charge in [-0.15, -0.1) is 11.6 Å². The van der Waals surface area contributed by atoms with Crippen LogP contribution in [0.2, 0.25) is 0 Å². The van der Waals surface area contributed by atoms with Crippen LogP contribution in [0.5, 0.6) is 0 Å². The molecule has 1 unspecified atom stereocenters. The van der Waals surface area contributed by atoms with E-state index in [0.29, 0.717) is 5.38 Å². The summed E-state index contributed by atoms with van der Waals surface area (Å²) in [6, 6.07) is 0. The van der Waals surface area contributed by atoms with Crippen molar-refractivity contribution in [1.82, 2.24) is 3.11 Å². The van der Waals surface area contributed by atoms with Gasteiger partial charge in [-0.05, 0) is 12.8 Å². The summed E-state index contributed by atoms with van der Waals surface area (Å²) in [6.45, 7) is 2.27. The van der Waals surface area contributed by atoms with Gasteiger partial charge >= 0.3 is 0 Å². The van der Waals surface area contributed by atoms with Crippen LogP contribution in [0.25, 0.3) is 0 Å². The third-order valence-electron chi connectivity index (χ3n) is 1.56. The molecular weight excluding hydrogens is 248 g/mol. The quantitative estimate of drug-likeness (QED) is 0.367. The van der Waals surface area contributed by atoms with E-state index in [0.717, 1.165) is 6.54 Å². The Morgan fingerprint density at radius 3 is 3.00 bits per heavy atom. The monoisotopic (exact) mass is 259 g/mol. The van der Waals surface area contributed by atoms with Gasteiger partial charge in [0.15, 0.2) is 0 Å². The number of hydrogen-bond acceptors (Lipinski definition) is 1. The number of halogens is 2. The molecule has 1 aliphatic heterocycles. The molecule has 0 radical (unpaired) electrons. The smallest absolute Gasteiger partial charge is 0.0471 e. The summed E-state index contributed by atoms with van der Waals surface area (Å²) in [5.41, 5.74) is 0. The maximum absolute atomic E-state index is 5.97. The van der Waals surface area contributed by atoms with Crippen molar-refractivity contribution >= 4 is 34.5 Å². The van der Waals surface area contributed by atoms with Gasteiger partial charge in [0.2, 0.25) is 0 Å². The first-order chi connectivity index (χ1) is 4.29. The average Bonchev–Trinajstić information content (AvgIpc) is 1.93. The number of nitrogens with zero attached hydrogens (tertiary/aromatic N) is 1. The van der Waals surface area contributed by atoms with Crippen molar-refractivity contribution in [2.45, 2.75) is 24.6 Å². The van der Waals surface area contributed by atoms with Crippen LogP contribution < -0.4 is 0 Å². The van der Waals surface area contributed by atoms with E-state index in [2.05, 4.69) is 26.0 Å². The number of rotatable bonds is 0. The molecule has 0 spiro atoms. The molecule has 3 heteroatoms. The first kappa shape index (κ1) is 8.08. The van der Waals surface area contributed by atoms with Crippen molar-refractivity contribution in [2.24, 2.45) is 0 Å². The molecular formula is C6H11ClIN. The highest BCUT2D eigenvalue weighted by Gasteiger charge is 2.12. The molecule has 1 saturated heterocycles. The molecule has 0 aromatic rings. The molecule has 0 aliphatic carbocycles. The fourth-order valence-electron chi connectivity index (χ4n) is 1.05. The lowest BCUT2D eigenvalue weighted by Gasteiger charge is -2.11. The van der Waals surface area contributed by atoms with E-state index < -0.39 is 0 Å². The molecule has 0 N–H and O–H groups in total. The second-order valence-corrected chi connectivity index (χ2v) is 4.44. The Labute approximate surface area is 75.2 Å². The van der Waals surface area contributed by atoms with Crippen LogP contribution in [0.15, 0.2) is 0 Å². The SMILES string of the molecule is ClC1CCCCN(I)C1. The molecule has 0 bridgehead atoms. The molecule has 1 fully saturated rings. The fraction of sp³-hybridized carbons (Fsp3) is 1.00. The van der Waals surface area contributed by atoms with Gasteiger partial charge in [0.1, 0.15) is 0 Å². The Hall–Kier alpha value is 0.980. The maximum Gasteiger partial charge on any atom is 0.0471 e. The van der Waals surface area contributed by atoms with Crippen molar-refractivity contribution in [1.29, 1.82) is 0 Å². The van der Waals surface area contributed by atoms with E-state index in [1.807, 2.05) is 0 Å². The predicted molar refractivity (Wildman–Crippen MR) is 49.1 cm³/mol. The molecule has 1 atom stereocenters. The molecule has 9 heavy (non-hydrogen) atoms. The van der Waals surface area contributed by atoms with Gasteiger partial charge in [-0.1, -0.05) is 6.42 Å². The molecule has 1 nitrogen and oxygen atoms in total. The Morgan fingerprint density at radius 2 is 2.22 bits per heavy atom. The van der Waals surface area contributed by atoms with Crippen LogP contribution >= 0.6 is 34.5 Å². The summed E-state index contributed by atoms with van der Waals surface area (Å²) in [4.78, 5) is 0. The van der Waals surface area contributed by atoms with Crippen LogP contribution in [0, 0.1) is 0 Å². The zero-order chi connectivity index (χ0) is 6.69. The topological polar surface area (TPSA) is 3.24 Å². The third-order valence-corrected chi connectivity index (χ3v) is 2.80. The van der Waals surface area contributed by atoms with Crippen LogP contribution in [0.1, 0.15) is 19.3 Å². The van der Waals surface area contributed by atoms with E-state index in [4.69, 9.17) is 11.6 Å². The van der Waals surface area contributed by atoms with E-state index in [-0.39, 0.29) is 0 Å². The summed E-state index contributed by atoms with van der Waals surface area (Å²) >= 11 is 8.32. The zero-order valence-corrected chi connectivity index (χ0v) is 8.23. The molecule has 0 saturated carbocycles. The number of hydrogen-bond donors (Lipinski definition) is 0. The molecule has 0 aromatic heterocycles. The minimum absolute atomic E-state index is 0.393. The van der Waals surface area contributed by atoms with Crippen molar-refractivity contribution in [3.05, 3.63) is 0 Å². The standard InChI is InChI=1S/C6H11ClIN/c7-6-3-1-2-4-9(8)5-6/h6H,1-5H2. The first-order valence-corrected chi connectivity index (χ1v) is 4.74. The molecule has 1 aliphatic rings. The lowest BCUT2D eigenvalue weighted by molar-refractivity contribution is 0.531. The van der Waals surface area contributed by atoms with Crippen molar-refractivity contribution in [3.8, 4) is 0 Å². The van der Waals surface area contributed by atoms with E-state index >= 15 is 0 Å². The van der Waals surface area contributed by atoms with E-state index in [9.17, 15) is 0 Å². The molecule has 0 aromatic carbocycles. The van der Waals surface area contributed by atoms with Crippen molar-refractivity contribution in [2.75, 3.05) is 13.1 Å². The molecule has 54 valence electrons. The van der Waals surface area contributed by atoms with Crippen LogP contribution in [-0.4, -0.2) is 21.6 Å². The van der Waals surface area contributed by atoms with Gasteiger partial charge in [-0.2, -0.15) is 0 Å². The highest BCUT2D eigenvalue weighted by atomic mass is 127. The minimum atomic E-state index is 0.393. The number of alkyl halides is 1. The average molecular weight is 260 g/mol. The Balaban J connectivity index is 2.29. The minimum Gasteiger partial charge on any atom is -0.246 e. The van der Waals surface area contributed by atoms with Gasteiger partial charge in [-0.25, -0.2) is 3.11 Å². The van der Waals surface area contributed by atoms with Crippen molar-refractivity contribution < 1.29 is 0 Å². The highest BCUT2D eigenvalue weighted by Crippen LogP contribution is 2.17. The van der Waals surface area contributed by atoms with Crippen LogP contribution in [0.3, 0.4) is 0 Å². The summed E-state index contributed by atoms with van der Waals surface area (Å²) in [5.74, 6) is 0. The lowest BCUT2D eigenvalue weighted by Crippen LogP contribution is -2.18. The first-order valence-electron chi connectivity index (χ1n) is 3.34. The van der Waals surface area contributed by atoms with Crippen LogP contribution in [0.4, 0.5) is 0 Å². The lowest BCUT2D eigenvalue weighted by atomic mass is 10.2. The van der Waals surface area contributed by atoms with E-state index in [1.165, 1.54) is 25.8 Å². The third kappa shape index (κ3) is 3.05. The van der Waals surface area contributed by atoms with E-state index in [1.54, 1.807) is 0 Å². The molecule has 1 heterocycles. The molecule has 1 rings (SSSR count). The van der Waals surface area contributed by atoms with Gasteiger partial charge in [0.05, 0.1) is 0 Å². The largest absolute Gasteiger partial charge is 0.246 e. The second-order valence-electron chi connectivity index (χ2n) is 2.46. The summed E-state index contributed by atoms with van der Waals surface area (Å²) < 4.78 is 2.28. The Morgan fingerprint density at radius 1 is 1.44 bits per heavy atom. The second kappa shape index (κ2) is 3.98. The Bertz CT molecular complexity index is 79.1. The maximum atomic E-state index is 5.97. The Kier molecular flexibility index (Phi) is 3.58.